The maximum Gasteiger partial charge on any atom is 0.274 e. The molecule has 4 aromatic rings. The van der Waals surface area contributed by atoms with Crippen LogP contribution in [-0.2, 0) is 21.1 Å². The number of halogens is 2. The van der Waals surface area contributed by atoms with Crippen LogP contribution in [0.15, 0.2) is 54.9 Å². The number of nitrogens with zero attached hydrogens (tertiary/aromatic N) is 5. The molecule has 0 saturated heterocycles. The minimum absolute atomic E-state index is 0.0352. The van der Waals surface area contributed by atoms with E-state index in [1.807, 2.05) is 17.0 Å². The van der Waals surface area contributed by atoms with Gasteiger partial charge in [-0.2, -0.15) is 5.10 Å². The number of amidine groups is 1. The summed E-state index contributed by atoms with van der Waals surface area (Å²) in [6.07, 6.45) is 3.41. The first kappa shape index (κ1) is 35.6. The first-order chi connectivity index (χ1) is 22.9. The molecule has 48 heavy (non-hydrogen) atoms. The van der Waals surface area contributed by atoms with Crippen LogP contribution in [0.4, 0.5) is 22.9 Å². The van der Waals surface area contributed by atoms with Crippen LogP contribution in [0, 0.1) is 5.41 Å². The summed E-state index contributed by atoms with van der Waals surface area (Å²) in [7, 11) is 4.88. The second-order valence-electron chi connectivity index (χ2n) is 10.8. The number of anilines is 4. The third kappa shape index (κ3) is 8.95. The molecule has 0 spiro atoms. The van der Waals surface area contributed by atoms with Crippen molar-refractivity contribution in [2.45, 2.75) is 6.42 Å². The minimum Gasteiger partial charge on any atom is -0.388 e. The zero-order chi connectivity index (χ0) is 35.0. The molecule has 0 fully saturated rings. The molecule has 0 saturated carbocycles. The predicted octanol–water partition coefficient (Wildman–Crippen LogP) is 3.19. The summed E-state index contributed by atoms with van der Waals surface area (Å²) in [5.41, 5.74) is 8.15. The topological polar surface area (TPSA) is 197 Å². The Morgan fingerprint density at radius 2 is 1.33 bits per heavy atom. The monoisotopic (exact) mass is 697 g/mol. The molecule has 0 aliphatic carbocycles. The van der Waals surface area contributed by atoms with Crippen molar-refractivity contribution in [2.24, 2.45) is 26.9 Å². The lowest BCUT2D eigenvalue weighted by Gasteiger charge is -2.22. The third-order valence-corrected chi connectivity index (χ3v) is 7.57. The van der Waals surface area contributed by atoms with Crippen LogP contribution in [0.3, 0.4) is 0 Å². The highest BCUT2D eigenvalue weighted by Crippen LogP contribution is 2.20. The van der Waals surface area contributed by atoms with Crippen LogP contribution in [-0.4, -0.2) is 79.8 Å². The van der Waals surface area contributed by atoms with Gasteiger partial charge < -0.3 is 41.0 Å². The number of carbonyl (C=O) groups is 4. The number of hydrogen-bond donors (Lipinski definition) is 6. The van der Waals surface area contributed by atoms with Crippen LogP contribution >= 0.6 is 23.2 Å². The van der Waals surface area contributed by atoms with E-state index in [1.165, 1.54) is 22.9 Å². The molecule has 0 unspecified atom stereocenters. The number of hydrogen-bond acceptors (Lipinski definition) is 7. The lowest BCUT2D eigenvalue weighted by molar-refractivity contribution is 0.0944. The number of benzene rings is 1. The number of nitrogens with one attached hydrogen (secondary N) is 5. The number of amides is 4. The second-order valence-corrected chi connectivity index (χ2v) is 11.5. The first-order valence-corrected chi connectivity index (χ1v) is 15.9. The van der Waals surface area contributed by atoms with Crippen molar-refractivity contribution in [2.75, 3.05) is 52.2 Å². The number of rotatable bonds is 15. The Labute approximate surface area is 286 Å². The van der Waals surface area contributed by atoms with Gasteiger partial charge in [-0.25, -0.2) is 0 Å². The zero-order valence-corrected chi connectivity index (χ0v) is 28.2. The molecule has 1 aromatic carbocycles. The van der Waals surface area contributed by atoms with E-state index in [-0.39, 0.29) is 47.8 Å². The SMILES string of the molecule is Cn1cc(NC(=O)c2cc(NC(=O)c3cc(NC(=O)c4ccc(N(CCCl)CCCl)cc4)cn3C)nn2C)cc1C(=O)NCCC(=N)N. The van der Waals surface area contributed by atoms with E-state index >= 15 is 0 Å². The molecule has 15 nitrogen and oxygen atoms in total. The van der Waals surface area contributed by atoms with Crippen LogP contribution in [0.1, 0.15) is 48.2 Å². The quantitative estimate of drug-likeness (QED) is 0.0623. The van der Waals surface area contributed by atoms with Crippen molar-refractivity contribution in [3.05, 3.63) is 77.5 Å². The van der Waals surface area contributed by atoms with Crippen molar-refractivity contribution in [1.29, 1.82) is 5.41 Å². The van der Waals surface area contributed by atoms with Gasteiger partial charge in [-0.15, -0.1) is 23.2 Å². The van der Waals surface area contributed by atoms with Crippen LogP contribution in [0.2, 0.25) is 0 Å². The van der Waals surface area contributed by atoms with E-state index in [4.69, 9.17) is 34.3 Å². The largest absolute Gasteiger partial charge is 0.388 e. The fraction of sp³-hybridized carbons (Fsp3) is 0.290. The summed E-state index contributed by atoms with van der Waals surface area (Å²) >= 11 is 11.8. The van der Waals surface area contributed by atoms with Gasteiger partial charge >= 0.3 is 0 Å². The lowest BCUT2D eigenvalue weighted by Crippen LogP contribution is -2.28. The fourth-order valence-corrected chi connectivity index (χ4v) is 5.24. The predicted molar refractivity (Wildman–Crippen MR) is 187 cm³/mol. The van der Waals surface area contributed by atoms with Crippen molar-refractivity contribution in [1.82, 2.24) is 24.2 Å². The standard InChI is InChI=1S/C31H37Cl2N11O4/c1-41-18-21(14-23(41)29(46)36-11-8-26(34)35)38-31(48)25-16-27(40-43(25)3)39-30(47)24-15-20(17-42(24)2)37-28(45)19-4-6-22(7-5-19)44(12-9-32)13-10-33/h4-7,14-18H,8-13H2,1-3H3,(H3,34,35)(H,36,46)(H,37,45)(H,38,48)(H,39,40,47). The maximum atomic E-state index is 13.1. The van der Waals surface area contributed by atoms with Gasteiger partial charge in [-0.05, 0) is 36.4 Å². The molecule has 0 radical (unpaired) electrons. The van der Waals surface area contributed by atoms with E-state index < -0.39 is 11.8 Å². The van der Waals surface area contributed by atoms with E-state index in [0.717, 1.165) is 5.69 Å². The van der Waals surface area contributed by atoms with Gasteiger partial charge in [0.2, 0.25) is 0 Å². The van der Waals surface area contributed by atoms with E-state index in [2.05, 4.69) is 26.4 Å². The third-order valence-electron chi connectivity index (χ3n) is 7.23. The summed E-state index contributed by atoms with van der Waals surface area (Å²) in [5.74, 6) is -0.748. The summed E-state index contributed by atoms with van der Waals surface area (Å²) in [6, 6.07) is 11.5. The highest BCUT2D eigenvalue weighted by Gasteiger charge is 2.20. The highest BCUT2D eigenvalue weighted by molar-refractivity contribution is 6.18. The molecule has 0 atom stereocenters. The van der Waals surface area contributed by atoms with Crippen LogP contribution in [0.25, 0.3) is 0 Å². The van der Waals surface area contributed by atoms with Gasteiger partial charge in [0.1, 0.15) is 17.1 Å². The molecule has 254 valence electrons. The molecule has 3 aromatic heterocycles. The number of aryl methyl sites for hydroxylation is 3. The average Bonchev–Trinajstić information content (AvgIpc) is 3.71. The Bertz CT molecular complexity index is 1800. The summed E-state index contributed by atoms with van der Waals surface area (Å²) < 4.78 is 4.43. The van der Waals surface area contributed by atoms with Crippen LogP contribution < -0.4 is 31.9 Å². The molecule has 0 aliphatic heterocycles. The molecule has 3 heterocycles. The van der Waals surface area contributed by atoms with Gasteiger partial charge in [0.15, 0.2) is 5.82 Å². The van der Waals surface area contributed by atoms with Crippen molar-refractivity contribution < 1.29 is 19.2 Å². The molecular weight excluding hydrogens is 661 g/mol. The average molecular weight is 699 g/mol. The Morgan fingerprint density at radius 3 is 1.90 bits per heavy atom. The molecule has 0 bridgehead atoms. The van der Waals surface area contributed by atoms with E-state index in [9.17, 15) is 19.2 Å². The summed E-state index contributed by atoms with van der Waals surface area (Å²) in [4.78, 5) is 53.6. The number of aromatic nitrogens is 4. The summed E-state index contributed by atoms with van der Waals surface area (Å²) in [5, 5.41) is 22.4. The minimum atomic E-state index is -0.512. The Balaban J connectivity index is 1.37. The Morgan fingerprint density at radius 1 is 0.792 bits per heavy atom. The van der Waals surface area contributed by atoms with Gasteiger partial charge in [-0.3, -0.25) is 29.3 Å². The molecule has 17 heteroatoms. The molecule has 7 N–H and O–H groups in total. The zero-order valence-electron chi connectivity index (χ0n) is 26.6. The molecular formula is C31H37Cl2N11O4. The number of alkyl halides is 2. The molecule has 0 aliphatic rings. The number of carbonyl (C=O) groups excluding carboxylic acids is 4. The van der Waals surface area contributed by atoms with Crippen molar-refractivity contribution in [3.63, 3.8) is 0 Å². The fourth-order valence-electron chi connectivity index (χ4n) is 4.84. The smallest absolute Gasteiger partial charge is 0.274 e. The van der Waals surface area contributed by atoms with Crippen molar-refractivity contribution in [3.8, 4) is 0 Å². The first-order valence-electron chi connectivity index (χ1n) is 14.8. The normalized spacial score (nSPS) is 10.8. The maximum absolute atomic E-state index is 13.1. The van der Waals surface area contributed by atoms with E-state index in [1.54, 1.807) is 54.8 Å². The molecule has 4 rings (SSSR count). The lowest BCUT2D eigenvalue weighted by atomic mass is 10.1. The highest BCUT2D eigenvalue weighted by atomic mass is 35.5. The van der Waals surface area contributed by atoms with Gasteiger partial charge in [-0.1, -0.05) is 0 Å². The van der Waals surface area contributed by atoms with Gasteiger partial charge in [0.05, 0.1) is 17.2 Å². The van der Waals surface area contributed by atoms with Gasteiger partial charge in [0, 0.05) is 88.7 Å². The number of nitrogens with two attached hydrogens (primary N) is 1. The second kappa shape index (κ2) is 16.0. The Kier molecular flexibility index (Phi) is 11.9. The Hall–Kier alpha value is -5.28. The summed E-state index contributed by atoms with van der Waals surface area (Å²) in [6.45, 7) is 1.47. The van der Waals surface area contributed by atoms with Crippen molar-refractivity contribution >= 4 is 75.5 Å². The van der Waals surface area contributed by atoms with E-state index in [0.29, 0.717) is 47.5 Å². The van der Waals surface area contributed by atoms with Crippen LogP contribution in [0.5, 0.6) is 0 Å². The van der Waals surface area contributed by atoms with Gasteiger partial charge in [0.25, 0.3) is 23.6 Å². The molecule has 4 amide bonds.